The molecule has 0 radical (unpaired) electrons. The molecule has 0 amide bonds. The van der Waals surface area contributed by atoms with Gasteiger partial charge >= 0.3 is 0 Å². The van der Waals surface area contributed by atoms with Crippen molar-refractivity contribution in [1.82, 2.24) is 0 Å². The minimum absolute atomic E-state index is 0.0656. The molecule has 0 fully saturated rings. The molecule has 0 aliphatic carbocycles. The number of hydrogen-bond acceptors (Lipinski definition) is 4. The van der Waals surface area contributed by atoms with Crippen molar-refractivity contribution >= 4 is 8.32 Å². The average Bonchev–Trinajstić information content (AvgIpc) is 2.87. The molecule has 3 aromatic carbocycles. The van der Waals surface area contributed by atoms with Crippen molar-refractivity contribution in [3.8, 4) is 11.5 Å². The first-order valence-electron chi connectivity index (χ1n) is 13.9. The molecule has 1 N–H and O–H groups in total. The van der Waals surface area contributed by atoms with Gasteiger partial charge in [-0.2, -0.15) is 0 Å². The van der Waals surface area contributed by atoms with Crippen molar-refractivity contribution in [2.45, 2.75) is 84.5 Å². The molecule has 39 heavy (non-hydrogen) atoms. The van der Waals surface area contributed by atoms with Crippen molar-refractivity contribution < 1.29 is 23.4 Å². The Balaban J connectivity index is 1.96. The van der Waals surface area contributed by atoms with Crippen LogP contribution in [0.15, 0.2) is 54.6 Å². The molecule has 3 rings (SSSR count). The normalized spacial score (nSPS) is 12.9. The van der Waals surface area contributed by atoms with Crippen molar-refractivity contribution in [1.29, 1.82) is 0 Å². The molecule has 0 saturated carbocycles. The van der Waals surface area contributed by atoms with Gasteiger partial charge in [0.2, 0.25) is 0 Å². The number of aliphatic hydroxyl groups is 1. The number of aliphatic hydroxyl groups excluding tert-OH is 1. The highest BCUT2D eigenvalue weighted by Gasteiger charge is 2.47. The lowest BCUT2D eigenvalue weighted by molar-refractivity contribution is 0.0487. The first-order valence-corrected chi connectivity index (χ1v) is 16.0. The third-order valence-electron chi connectivity index (χ3n) is 7.94. The largest absolute Gasteiger partial charge is 0.543 e. The lowest BCUT2D eigenvalue weighted by Gasteiger charge is -2.42. The van der Waals surface area contributed by atoms with Gasteiger partial charge in [-0.05, 0) is 101 Å². The number of halogens is 1. The zero-order valence-corrected chi connectivity index (χ0v) is 26.0. The minimum Gasteiger partial charge on any atom is -0.543 e. The summed E-state index contributed by atoms with van der Waals surface area (Å²) in [7, 11) is -0.500. The highest BCUT2D eigenvalue weighted by atomic mass is 28.4. The van der Waals surface area contributed by atoms with Crippen LogP contribution in [0.4, 0.5) is 4.39 Å². The van der Waals surface area contributed by atoms with Gasteiger partial charge in [-0.1, -0.05) is 59.7 Å². The molecule has 0 aliphatic heterocycles. The van der Waals surface area contributed by atoms with Crippen LogP contribution in [-0.4, -0.2) is 27.3 Å². The van der Waals surface area contributed by atoms with E-state index in [2.05, 4.69) is 67.5 Å². The molecule has 1 unspecified atom stereocenters. The Bertz CT molecular complexity index is 1190. The van der Waals surface area contributed by atoms with E-state index in [-0.39, 0.29) is 12.6 Å². The van der Waals surface area contributed by atoms with E-state index in [0.29, 0.717) is 39.9 Å². The molecule has 0 heterocycles. The van der Waals surface area contributed by atoms with Crippen molar-refractivity contribution in [2.75, 3.05) is 13.9 Å². The summed E-state index contributed by atoms with van der Waals surface area (Å²) in [5.74, 6) is 1.16. The van der Waals surface area contributed by atoms with Gasteiger partial charge in [0.05, 0.1) is 0 Å². The summed E-state index contributed by atoms with van der Waals surface area (Å²) in [6.45, 7) is 18.2. The van der Waals surface area contributed by atoms with Gasteiger partial charge in [0.25, 0.3) is 8.32 Å². The third kappa shape index (κ3) is 6.92. The fourth-order valence-electron chi connectivity index (χ4n) is 6.05. The monoisotopic (exact) mass is 552 g/mol. The third-order valence-corrected chi connectivity index (χ3v) is 13.9. The fourth-order valence-corrected chi connectivity index (χ4v) is 11.3. The van der Waals surface area contributed by atoms with Gasteiger partial charge in [0.1, 0.15) is 23.4 Å². The molecule has 4 nitrogen and oxygen atoms in total. The highest BCUT2D eigenvalue weighted by molar-refractivity contribution is 6.78. The summed E-state index contributed by atoms with van der Waals surface area (Å²) in [5, 5.41) is 11.2. The number of methoxy groups -OCH3 is 1. The Hall–Kier alpha value is -2.67. The Morgan fingerprint density at radius 3 is 1.90 bits per heavy atom. The maximum absolute atomic E-state index is 13.5. The number of aryl methyl sites for hydroxylation is 2. The molecule has 0 aliphatic rings. The van der Waals surface area contributed by atoms with Crippen LogP contribution in [0, 0.1) is 19.7 Å². The number of ether oxygens (including phenoxy) is 2. The van der Waals surface area contributed by atoms with Crippen molar-refractivity contribution in [2.24, 2.45) is 0 Å². The van der Waals surface area contributed by atoms with Crippen LogP contribution < -0.4 is 9.16 Å². The molecular weight excluding hydrogens is 507 g/mol. The van der Waals surface area contributed by atoms with Crippen LogP contribution in [0.1, 0.15) is 81.0 Å². The minimum atomic E-state index is -2.05. The van der Waals surface area contributed by atoms with E-state index >= 15 is 0 Å². The lowest BCUT2D eigenvalue weighted by Crippen LogP contribution is -2.50. The van der Waals surface area contributed by atoms with Crippen LogP contribution in [0.2, 0.25) is 16.6 Å². The predicted octanol–water partition coefficient (Wildman–Crippen LogP) is 8.65. The SMILES string of the molecule is COCOc1ccc(Cc2c(C)cc(O[Si](C(C)C)(C(C)C)C(C)C)cc2C)cc1C(O)c1ccc(F)cc1. The van der Waals surface area contributed by atoms with E-state index in [1.165, 1.54) is 28.8 Å². The van der Waals surface area contributed by atoms with Gasteiger partial charge in [0.15, 0.2) is 6.79 Å². The summed E-state index contributed by atoms with van der Waals surface area (Å²) in [6, 6.07) is 16.1. The maximum Gasteiger partial charge on any atom is 0.258 e. The summed E-state index contributed by atoms with van der Waals surface area (Å²) in [5.41, 5.74) is 7.37. The van der Waals surface area contributed by atoms with Gasteiger partial charge in [-0.15, -0.1) is 0 Å². The first kappa shape index (κ1) is 30.9. The molecule has 6 heteroatoms. The number of rotatable bonds is 12. The van der Waals surface area contributed by atoms with E-state index in [1.54, 1.807) is 19.2 Å². The van der Waals surface area contributed by atoms with Crippen LogP contribution in [0.25, 0.3) is 0 Å². The zero-order valence-electron chi connectivity index (χ0n) is 25.0. The van der Waals surface area contributed by atoms with Gasteiger partial charge in [-0.3, -0.25) is 0 Å². The van der Waals surface area contributed by atoms with E-state index < -0.39 is 14.4 Å². The highest BCUT2D eigenvalue weighted by Crippen LogP contribution is 2.43. The van der Waals surface area contributed by atoms with Crippen molar-refractivity contribution in [3.63, 3.8) is 0 Å². The van der Waals surface area contributed by atoms with E-state index in [1.807, 2.05) is 18.2 Å². The molecular formula is C33H45FO4Si. The van der Waals surface area contributed by atoms with E-state index in [9.17, 15) is 9.50 Å². The van der Waals surface area contributed by atoms with Crippen molar-refractivity contribution in [3.05, 3.63) is 93.8 Å². The number of hydrogen-bond donors (Lipinski definition) is 1. The second-order valence-corrected chi connectivity index (χ2v) is 16.9. The Labute approximate surface area is 235 Å². The van der Waals surface area contributed by atoms with Gasteiger partial charge in [-0.25, -0.2) is 4.39 Å². The summed E-state index contributed by atoms with van der Waals surface area (Å²) >= 11 is 0. The van der Waals surface area contributed by atoms with Crippen LogP contribution >= 0.6 is 0 Å². The summed E-state index contributed by atoms with van der Waals surface area (Å²) in [6.07, 6.45) is -0.260. The molecule has 0 spiro atoms. The summed E-state index contributed by atoms with van der Waals surface area (Å²) in [4.78, 5) is 0. The first-order chi connectivity index (χ1) is 18.4. The van der Waals surface area contributed by atoms with Crippen LogP contribution in [0.3, 0.4) is 0 Å². The Kier molecular flexibility index (Phi) is 10.4. The van der Waals surface area contributed by atoms with E-state index in [4.69, 9.17) is 13.9 Å². The number of benzene rings is 3. The standard InChI is InChI=1S/C33H45FO4Si/c1-21(2)39(22(3)4,23(5)6)38-29-16-24(7)30(25(8)17-29)18-26-10-15-32(37-20-36-9)31(19-26)33(35)27-11-13-28(34)14-12-27/h10-17,19,21-23,33,35H,18,20H2,1-9H3. The molecule has 0 bridgehead atoms. The lowest BCUT2D eigenvalue weighted by atomic mass is 9.93. The van der Waals surface area contributed by atoms with Gasteiger partial charge < -0.3 is 19.0 Å². The molecule has 0 aromatic heterocycles. The fraction of sp³-hybridized carbons (Fsp3) is 0.455. The summed E-state index contributed by atoms with van der Waals surface area (Å²) < 4.78 is 31.3. The second kappa shape index (κ2) is 13.1. The zero-order chi connectivity index (χ0) is 28.9. The molecule has 0 saturated heterocycles. The Morgan fingerprint density at radius 1 is 0.821 bits per heavy atom. The molecule has 1 atom stereocenters. The van der Waals surface area contributed by atoms with Crippen LogP contribution in [0.5, 0.6) is 11.5 Å². The Morgan fingerprint density at radius 2 is 1.38 bits per heavy atom. The van der Waals surface area contributed by atoms with Gasteiger partial charge in [0, 0.05) is 12.7 Å². The quantitative estimate of drug-likeness (QED) is 0.180. The second-order valence-electron chi connectivity index (χ2n) is 11.5. The smallest absolute Gasteiger partial charge is 0.258 e. The maximum atomic E-state index is 13.5. The van der Waals surface area contributed by atoms with E-state index in [0.717, 1.165) is 11.3 Å². The molecule has 212 valence electrons. The molecule has 3 aromatic rings. The predicted molar refractivity (Wildman–Crippen MR) is 160 cm³/mol. The topological polar surface area (TPSA) is 47.9 Å². The average molecular weight is 553 g/mol. The van der Waals surface area contributed by atoms with Crippen LogP contribution in [-0.2, 0) is 11.2 Å².